The minimum Gasteiger partial charge on any atom is -0.355 e. The van der Waals surface area contributed by atoms with Crippen molar-refractivity contribution in [2.45, 2.75) is 26.7 Å². The van der Waals surface area contributed by atoms with Crippen LogP contribution in [0, 0.1) is 24.2 Å². The largest absolute Gasteiger partial charge is 0.355 e. The van der Waals surface area contributed by atoms with Crippen molar-refractivity contribution in [3.63, 3.8) is 0 Å². The predicted molar refractivity (Wildman–Crippen MR) is 81.8 cm³/mol. The highest BCUT2D eigenvalue weighted by atomic mass is 15.2. The third kappa shape index (κ3) is 2.22. The summed E-state index contributed by atoms with van der Waals surface area (Å²) in [6.07, 6.45) is 2.36. The molecule has 0 unspecified atom stereocenters. The van der Waals surface area contributed by atoms with Crippen LogP contribution in [-0.2, 0) is 0 Å². The molecule has 3 nitrogen and oxygen atoms in total. The second-order valence-corrected chi connectivity index (χ2v) is 5.79. The van der Waals surface area contributed by atoms with Gasteiger partial charge in [-0.15, -0.1) is 0 Å². The molecule has 0 saturated carbocycles. The standard InChI is InChI=1S/C17H19N3/c1-12-6-8-20(9-7-12)17-15(11-18)10-14-5-3-4-13(2)16(14)19-17/h3-5,10,12H,6-9H2,1-2H3. The highest BCUT2D eigenvalue weighted by molar-refractivity contribution is 5.85. The van der Waals surface area contributed by atoms with Crippen molar-refractivity contribution in [3.8, 4) is 6.07 Å². The number of hydrogen-bond donors (Lipinski definition) is 0. The second kappa shape index (κ2) is 5.13. The smallest absolute Gasteiger partial charge is 0.147 e. The van der Waals surface area contributed by atoms with Crippen LogP contribution in [0.25, 0.3) is 10.9 Å². The number of nitriles is 1. The summed E-state index contributed by atoms with van der Waals surface area (Å²) in [7, 11) is 0. The first-order chi connectivity index (χ1) is 9.69. The van der Waals surface area contributed by atoms with E-state index in [4.69, 9.17) is 4.98 Å². The van der Waals surface area contributed by atoms with E-state index in [0.29, 0.717) is 5.56 Å². The normalized spacial score (nSPS) is 16.4. The first kappa shape index (κ1) is 12.9. The molecule has 1 aromatic carbocycles. The van der Waals surface area contributed by atoms with Crippen LogP contribution >= 0.6 is 0 Å². The fourth-order valence-electron chi connectivity index (χ4n) is 2.88. The molecule has 3 rings (SSSR count). The van der Waals surface area contributed by atoms with E-state index in [1.54, 1.807) is 0 Å². The van der Waals surface area contributed by atoms with Crippen LogP contribution < -0.4 is 4.90 Å². The summed E-state index contributed by atoms with van der Waals surface area (Å²) in [6.45, 7) is 6.37. The third-order valence-corrected chi connectivity index (χ3v) is 4.23. The molecule has 0 atom stereocenters. The van der Waals surface area contributed by atoms with E-state index < -0.39 is 0 Å². The molecule has 2 aromatic rings. The molecular formula is C17H19N3. The van der Waals surface area contributed by atoms with Crippen molar-refractivity contribution < 1.29 is 0 Å². The number of aromatic nitrogens is 1. The van der Waals surface area contributed by atoms with Gasteiger partial charge in [0.15, 0.2) is 0 Å². The van der Waals surface area contributed by atoms with Crippen molar-refractivity contribution in [3.05, 3.63) is 35.4 Å². The van der Waals surface area contributed by atoms with Crippen LogP contribution in [-0.4, -0.2) is 18.1 Å². The van der Waals surface area contributed by atoms with Gasteiger partial charge >= 0.3 is 0 Å². The zero-order valence-corrected chi connectivity index (χ0v) is 12.1. The van der Waals surface area contributed by atoms with E-state index in [1.807, 2.05) is 18.2 Å². The molecular weight excluding hydrogens is 246 g/mol. The number of aryl methyl sites for hydroxylation is 1. The number of para-hydroxylation sites is 1. The van der Waals surface area contributed by atoms with Gasteiger partial charge < -0.3 is 4.90 Å². The van der Waals surface area contributed by atoms with E-state index in [1.165, 1.54) is 18.4 Å². The number of piperidine rings is 1. The Balaban J connectivity index is 2.09. The van der Waals surface area contributed by atoms with Gasteiger partial charge in [-0.1, -0.05) is 25.1 Å². The Hall–Kier alpha value is -2.08. The molecule has 1 fully saturated rings. The summed E-state index contributed by atoms with van der Waals surface area (Å²) in [5.74, 6) is 1.64. The Morgan fingerprint density at radius 2 is 2.05 bits per heavy atom. The minimum absolute atomic E-state index is 0.692. The van der Waals surface area contributed by atoms with Crippen LogP contribution in [0.1, 0.15) is 30.9 Å². The lowest BCUT2D eigenvalue weighted by Gasteiger charge is -2.31. The van der Waals surface area contributed by atoms with Crippen LogP contribution in [0.2, 0.25) is 0 Å². The summed E-state index contributed by atoms with van der Waals surface area (Å²) in [4.78, 5) is 7.07. The molecule has 0 radical (unpaired) electrons. The fourth-order valence-corrected chi connectivity index (χ4v) is 2.88. The monoisotopic (exact) mass is 265 g/mol. The molecule has 3 heteroatoms. The number of benzene rings is 1. The zero-order valence-electron chi connectivity index (χ0n) is 12.1. The summed E-state index contributed by atoms with van der Waals surface area (Å²) in [5.41, 5.74) is 2.87. The van der Waals surface area contributed by atoms with Crippen molar-refractivity contribution >= 4 is 16.7 Å². The summed E-state index contributed by atoms with van der Waals surface area (Å²) in [6, 6.07) is 10.4. The van der Waals surface area contributed by atoms with E-state index in [0.717, 1.165) is 35.7 Å². The molecule has 1 aliphatic rings. The second-order valence-electron chi connectivity index (χ2n) is 5.79. The zero-order chi connectivity index (χ0) is 14.1. The van der Waals surface area contributed by atoms with Crippen molar-refractivity contribution in [2.75, 3.05) is 18.0 Å². The summed E-state index contributed by atoms with van der Waals surface area (Å²) in [5, 5.41) is 10.5. The van der Waals surface area contributed by atoms with Crippen LogP contribution in [0.15, 0.2) is 24.3 Å². The lowest BCUT2D eigenvalue weighted by atomic mass is 9.98. The first-order valence-corrected chi connectivity index (χ1v) is 7.24. The number of rotatable bonds is 1. The number of hydrogen-bond acceptors (Lipinski definition) is 3. The molecule has 0 N–H and O–H groups in total. The summed E-state index contributed by atoms with van der Waals surface area (Å²) < 4.78 is 0. The Labute approximate surface area is 119 Å². The lowest BCUT2D eigenvalue weighted by Crippen LogP contribution is -2.34. The molecule has 1 aromatic heterocycles. The SMILES string of the molecule is Cc1cccc2cc(C#N)c(N3CCC(C)CC3)nc12. The van der Waals surface area contributed by atoms with E-state index >= 15 is 0 Å². The van der Waals surface area contributed by atoms with Gasteiger partial charge in [0.2, 0.25) is 0 Å². The van der Waals surface area contributed by atoms with E-state index in [2.05, 4.69) is 30.9 Å². The number of anilines is 1. The summed E-state index contributed by atoms with van der Waals surface area (Å²) >= 11 is 0. The average molecular weight is 265 g/mol. The van der Waals surface area contributed by atoms with E-state index in [-0.39, 0.29) is 0 Å². The molecule has 0 bridgehead atoms. The average Bonchev–Trinajstić information content (AvgIpc) is 2.47. The van der Waals surface area contributed by atoms with Crippen LogP contribution in [0.5, 0.6) is 0 Å². The van der Waals surface area contributed by atoms with Crippen LogP contribution in [0.3, 0.4) is 0 Å². The highest BCUT2D eigenvalue weighted by Crippen LogP contribution is 2.28. The Kier molecular flexibility index (Phi) is 3.31. The molecule has 20 heavy (non-hydrogen) atoms. The molecule has 0 spiro atoms. The van der Waals surface area contributed by atoms with Crippen molar-refractivity contribution in [1.29, 1.82) is 5.26 Å². The predicted octanol–water partition coefficient (Wildman–Crippen LogP) is 3.65. The Morgan fingerprint density at radius 1 is 1.30 bits per heavy atom. The molecule has 0 aliphatic carbocycles. The third-order valence-electron chi connectivity index (χ3n) is 4.23. The van der Waals surface area contributed by atoms with Gasteiger partial charge in [-0.05, 0) is 37.3 Å². The van der Waals surface area contributed by atoms with Gasteiger partial charge in [-0.25, -0.2) is 4.98 Å². The maximum atomic E-state index is 9.41. The molecule has 1 aliphatic heterocycles. The number of nitrogens with zero attached hydrogens (tertiary/aromatic N) is 3. The minimum atomic E-state index is 0.692. The van der Waals surface area contributed by atoms with Gasteiger partial charge in [-0.3, -0.25) is 0 Å². The van der Waals surface area contributed by atoms with Crippen molar-refractivity contribution in [2.24, 2.45) is 5.92 Å². The highest BCUT2D eigenvalue weighted by Gasteiger charge is 2.20. The molecule has 1 saturated heterocycles. The van der Waals surface area contributed by atoms with Gasteiger partial charge in [-0.2, -0.15) is 5.26 Å². The topological polar surface area (TPSA) is 39.9 Å². The van der Waals surface area contributed by atoms with Gasteiger partial charge in [0.05, 0.1) is 11.1 Å². The molecule has 102 valence electrons. The van der Waals surface area contributed by atoms with Crippen LogP contribution in [0.4, 0.5) is 5.82 Å². The maximum absolute atomic E-state index is 9.41. The number of fused-ring (bicyclic) bond motifs is 1. The molecule has 0 amide bonds. The number of pyridine rings is 1. The van der Waals surface area contributed by atoms with Gasteiger partial charge in [0, 0.05) is 18.5 Å². The van der Waals surface area contributed by atoms with Crippen molar-refractivity contribution in [1.82, 2.24) is 4.98 Å². The fraction of sp³-hybridized carbons (Fsp3) is 0.412. The quantitative estimate of drug-likeness (QED) is 0.790. The Bertz CT molecular complexity index is 676. The lowest BCUT2D eigenvalue weighted by molar-refractivity contribution is 0.436. The van der Waals surface area contributed by atoms with Gasteiger partial charge in [0.25, 0.3) is 0 Å². The van der Waals surface area contributed by atoms with Gasteiger partial charge in [0.1, 0.15) is 11.9 Å². The molecule has 2 heterocycles. The first-order valence-electron chi connectivity index (χ1n) is 7.24. The Morgan fingerprint density at radius 3 is 2.75 bits per heavy atom. The van der Waals surface area contributed by atoms with E-state index in [9.17, 15) is 5.26 Å². The maximum Gasteiger partial charge on any atom is 0.147 e.